The van der Waals surface area contributed by atoms with Crippen LogP contribution in [0.1, 0.15) is 13.8 Å². The number of nitrogens with one attached hydrogen (secondary N) is 1. The van der Waals surface area contributed by atoms with Gasteiger partial charge < -0.3 is 5.32 Å². The first-order valence-electron chi connectivity index (χ1n) is 8.68. The van der Waals surface area contributed by atoms with E-state index in [-0.39, 0.29) is 17.6 Å². The number of thioether (sulfide) groups is 1. The molecule has 0 spiro atoms. The second-order valence-corrected chi connectivity index (χ2v) is 7.70. The van der Waals surface area contributed by atoms with Gasteiger partial charge in [-0.3, -0.25) is 14.5 Å². The molecule has 0 fully saturated rings. The average molecular weight is 394 g/mol. The Morgan fingerprint density at radius 2 is 1.82 bits per heavy atom. The van der Waals surface area contributed by atoms with Crippen LogP contribution in [0.4, 0.5) is 11.4 Å². The number of carbonyl (C=O) groups excluding carboxylic acids is 2. The molecule has 2 amide bonds. The lowest BCUT2D eigenvalue weighted by Crippen LogP contribution is -2.59. The minimum atomic E-state index is -1.00. The fourth-order valence-electron chi connectivity index (χ4n) is 3.09. The molecule has 0 atom stereocenters. The van der Waals surface area contributed by atoms with E-state index in [2.05, 4.69) is 20.8 Å². The van der Waals surface area contributed by atoms with Crippen LogP contribution in [-0.4, -0.2) is 43.3 Å². The van der Waals surface area contributed by atoms with Gasteiger partial charge in [-0.15, -0.1) is 5.10 Å². The zero-order chi connectivity index (χ0) is 19.7. The first-order valence-corrected chi connectivity index (χ1v) is 9.67. The monoisotopic (exact) mass is 394 g/mol. The Morgan fingerprint density at radius 1 is 1.11 bits per heavy atom. The van der Waals surface area contributed by atoms with Crippen LogP contribution in [0.2, 0.25) is 0 Å². The van der Waals surface area contributed by atoms with Crippen molar-refractivity contribution in [1.82, 2.24) is 20.2 Å². The van der Waals surface area contributed by atoms with Gasteiger partial charge in [-0.05, 0) is 48.5 Å². The molecule has 0 saturated carbocycles. The highest BCUT2D eigenvalue weighted by atomic mass is 32.2. The fourth-order valence-corrected chi connectivity index (χ4v) is 3.83. The van der Waals surface area contributed by atoms with E-state index < -0.39 is 5.54 Å². The van der Waals surface area contributed by atoms with E-state index in [0.717, 1.165) is 5.69 Å². The van der Waals surface area contributed by atoms with Gasteiger partial charge in [0.15, 0.2) is 0 Å². The van der Waals surface area contributed by atoms with Gasteiger partial charge in [-0.1, -0.05) is 42.1 Å². The van der Waals surface area contributed by atoms with E-state index in [1.807, 2.05) is 48.5 Å². The summed E-state index contributed by atoms with van der Waals surface area (Å²) in [4.78, 5) is 27.2. The Kier molecular flexibility index (Phi) is 4.60. The van der Waals surface area contributed by atoms with Crippen molar-refractivity contribution in [3.8, 4) is 5.69 Å². The highest BCUT2D eigenvalue weighted by Crippen LogP contribution is 2.37. The summed E-state index contributed by atoms with van der Waals surface area (Å²) >= 11 is 1.23. The highest BCUT2D eigenvalue weighted by Gasteiger charge is 2.43. The van der Waals surface area contributed by atoms with Crippen LogP contribution >= 0.6 is 11.8 Å². The molecule has 9 heteroatoms. The second kappa shape index (κ2) is 7.08. The summed E-state index contributed by atoms with van der Waals surface area (Å²) in [6.45, 7) is 3.46. The number of anilines is 2. The summed E-state index contributed by atoms with van der Waals surface area (Å²) in [7, 11) is 0. The molecule has 1 aliphatic heterocycles. The van der Waals surface area contributed by atoms with Crippen LogP contribution < -0.4 is 10.2 Å². The smallest absolute Gasteiger partial charge is 0.250 e. The fraction of sp³-hybridized carbons (Fsp3) is 0.211. The molecular weight excluding hydrogens is 376 g/mol. The molecule has 0 aliphatic carbocycles. The van der Waals surface area contributed by atoms with Gasteiger partial charge in [0.2, 0.25) is 17.0 Å². The van der Waals surface area contributed by atoms with Crippen molar-refractivity contribution in [1.29, 1.82) is 0 Å². The van der Waals surface area contributed by atoms with E-state index >= 15 is 0 Å². The Hall–Kier alpha value is -3.20. The van der Waals surface area contributed by atoms with Crippen molar-refractivity contribution in [3.63, 3.8) is 0 Å². The summed E-state index contributed by atoms with van der Waals surface area (Å²) < 4.78 is 1.58. The number of carbonyl (C=O) groups is 2. The number of nitrogens with zero attached hydrogens (tertiary/aromatic N) is 5. The van der Waals surface area contributed by atoms with Crippen LogP contribution in [0.3, 0.4) is 0 Å². The molecular formula is C19H18N6O2S. The van der Waals surface area contributed by atoms with Crippen LogP contribution in [-0.2, 0) is 9.59 Å². The van der Waals surface area contributed by atoms with Gasteiger partial charge in [0, 0.05) is 0 Å². The molecule has 2 heterocycles. The predicted molar refractivity (Wildman–Crippen MR) is 107 cm³/mol. The van der Waals surface area contributed by atoms with Crippen molar-refractivity contribution < 1.29 is 9.59 Å². The molecule has 3 aromatic rings. The number of aromatic nitrogens is 4. The van der Waals surface area contributed by atoms with Gasteiger partial charge >= 0.3 is 0 Å². The maximum Gasteiger partial charge on any atom is 0.250 e. The Morgan fingerprint density at radius 3 is 2.61 bits per heavy atom. The van der Waals surface area contributed by atoms with E-state index in [0.29, 0.717) is 16.5 Å². The molecule has 0 saturated heterocycles. The average Bonchev–Trinajstić information content (AvgIpc) is 3.16. The van der Waals surface area contributed by atoms with Crippen LogP contribution in [0.5, 0.6) is 0 Å². The number of rotatable bonds is 4. The molecule has 0 radical (unpaired) electrons. The molecule has 0 bridgehead atoms. The van der Waals surface area contributed by atoms with Crippen molar-refractivity contribution >= 4 is 35.0 Å². The Balaban J connectivity index is 1.58. The molecule has 142 valence electrons. The zero-order valence-corrected chi connectivity index (χ0v) is 16.2. The Labute approximate surface area is 165 Å². The summed E-state index contributed by atoms with van der Waals surface area (Å²) in [5.74, 6) is -0.322. The maximum atomic E-state index is 13.1. The van der Waals surface area contributed by atoms with Crippen molar-refractivity contribution in [2.24, 2.45) is 0 Å². The third-order valence-corrected chi connectivity index (χ3v) is 5.43. The van der Waals surface area contributed by atoms with Crippen LogP contribution in [0.15, 0.2) is 59.8 Å². The van der Waals surface area contributed by atoms with Gasteiger partial charge in [0.25, 0.3) is 0 Å². The minimum Gasteiger partial charge on any atom is -0.322 e. The van der Waals surface area contributed by atoms with Gasteiger partial charge in [0.05, 0.1) is 22.8 Å². The highest BCUT2D eigenvalue weighted by molar-refractivity contribution is 7.99. The third kappa shape index (κ3) is 3.13. The van der Waals surface area contributed by atoms with E-state index in [4.69, 9.17) is 0 Å². The lowest BCUT2D eigenvalue weighted by molar-refractivity contribution is -0.125. The molecule has 1 aromatic heterocycles. The number of para-hydroxylation sites is 3. The summed E-state index contributed by atoms with van der Waals surface area (Å²) in [5, 5.41) is 15.1. The van der Waals surface area contributed by atoms with Gasteiger partial charge in [0.1, 0.15) is 5.54 Å². The SMILES string of the molecule is CC1(C)C(=O)Nc2ccccc2N1C(=O)CSc1nnnn1-c1ccccc1. The quantitative estimate of drug-likeness (QED) is 0.684. The molecule has 0 unspecified atom stereocenters. The second-order valence-electron chi connectivity index (χ2n) is 6.76. The predicted octanol–water partition coefficient (Wildman–Crippen LogP) is 2.52. The lowest BCUT2D eigenvalue weighted by Gasteiger charge is -2.42. The number of hydrogen-bond acceptors (Lipinski definition) is 6. The first-order chi connectivity index (χ1) is 13.5. The number of fused-ring (bicyclic) bond motifs is 1. The number of benzene rings is 2. The topological polar surface area (TPSA) is 93.0 Å². The lowest BCUT2D eigenvalue weighted by atomic mass is 9.96. The molecule has 1 aliphatic rings. The van der Waals surface area contributed by atoms with Gasteiger partial charge in [-0.25, -0.2) is 0 Å². The molecule has 2 aromatic carbocycles. The van der Waals surface area contributed by atoms with Crippen LogP contribution in [0, 0.1) is 0 Å². The largest absolute Gasteiger partial charge is 0.322 e. The number of tetrazole rings is 1. The molecule has 1 N–H and O–H groups in total. The number of amides is 2. The standard InChI is InChI=1S/C19H18N6O2S/c1-19(2)17(27)20-14-10-6-7-11-15(14)24(19)16(26)12-28-18-21-22-23-25(18)13-8-4-3-5-9-13/h3-11H,12H2,1-2H3,(H,20,27). The summed E-state index contributed by atoms with van der Waals surface area (Å²) in [5.41, 5.74) is 1.11. The molecule has 4 rings (SSSR count). The zero-order valence-electron chi connectivity index (χ0n) is 15.4. The van der Waals surface area contributed by atoms with Crippen molar-refractivity contribution in [2.75, 3.05) is 16.0 Å². The van der Waals surface area contributed by atoms with Crippen molar-refractivity contribution in [3.05, 3.63) is 54.6 Å². The van der Waals surface area contributed by atoms with E-state index in [1.165, 1.54) is 11.8 Å². The molecule has 8 nitrogen and oxygen atoms in total. The number of hydrogen-bond donors (Lipinski definition) is 1. The van der Waals surface area contributed by atoms with Gasteiger partial charge in [-0.2, -0.15) is 4.68 Å². The normalized spacial score (nSPS) is 15.1. The van der Waals surface area contributed by atoms with E-state index in [9.17, 15) is 9.59 Å². The van der Waals surface area contributed by atoms with Crippen molar-refractivity contribution in [2.45, 2.75) is 24.5 Å². The molecule has 28 heavy (non-hydrogen) atoms. The third-order valence-electron chi connectivity index (χ3n) is 4.52. The summed E-state index contributed by atoms with van der Waals surface area (Å²) in [6.07, 6.45) is 0. The Bertz CT molecular complexity index is 1030. The summed E-state index contributed by atoms with van der Waals surface area (Å²) in [6, 6.07) is 16.7. The minimum absolute atomic E-state index is 0.0955. The van der Waals surface area contributed by atoms with E-state index in [1.54, 1.807) is 29.5 Å². The van der Waals surface area contributed by atoms with Crippen LogP contribution in [0.25, 0.3) is 5.69 Å². The first kappa shape index (κ1) is 18.2. The maximum absolute atomic E-state index is 13.1.